The Morgan fingerprint density at radius 2 is 1.77 bits per heavy atom. The van der Waals surface area contributed by atoms with E-state index in [2.05, 4.69) is 15.9 Å². The Labute approximate surface area is 87.0 Å². The van der Waals surface area contributed by atoms with Gasteiger partial charge in [0.15, 0.2) is 0 Å². The second kappa shape index (κ2) is 5.12. The molecule has 1 aromatic carbocycles. The fourth-order valence-corrected chi connectivity index (χ4v) is 1.05. The van der Waals surface area contributed by atoms with Crippen LogP contribution >= 0.6 is 15.9 Å². The van der Waals surface area contributed by atoms with Crippen molar-refractivity contribution >= 4 is 15.9 Å². The molecule has 0 saturated heterocycles. The summed E-state index contributed by atoms with van der Waals surface area (Å²) in [6.07, 6.45) is 0.188. The van der Waals surface area contributed by atoms with Crippen LogP contribution in [0.25, 0.3) is 0 Å². The zero-order chi connectivity index (χ0) is 9.68. The second-order valence-electron chi connectivity index (χ2n) is 2.76. The van der Waals surface area contributed by atoms with Gasteiger partial charge in [-0.1, -0.05) is 15.9 Å². The van der Waals surface area contributed by atoms with Crippen LogP contribution in [0.15, 0.2) is 24.3 Å². The summed E-state index contributed by atoms with van der Waals surface area (Å²) in [6, 6.07) is 7.57. The summed E-state index contributed by atoms with van der Waals surface area (Å²) in [6.45, 7) is 2.01. The monoisotopic (exact) mass is 244 g/mol. The Bertz CT molecular complexity index is 246. The Morgan fingerprint density at radius 3 is 2.23 bits per heavy atom. The van der Waals surface area contributed by atoms with Gasteiger partial charge in [-0.05, 0) is 31.2 Å². The van der Waals surface area contributed by atoms with Crippen molar-refractivity contribution in [1.29, 1.82) is 0 Å². The molecule has 0 bridgehead atoms. The van der Waals surface area contributed by atoms with Gasteiger partial charge < -0.3 is 9.47 Å². The van der Waals surface area contributed by atoms with E-state index in [4.69, 9.17) is 9.47 Å². The molecule has 0 unspecified atom stereocenters. The van der Waals surface area contributed by atoms with Gasteiger partial charge in [0.1, 0.15) is 17.6 Å². The first-order chi connectivity index (χ1) is 6.26. The first-order valence-electron chi connectivity index (χ1n) is 4.13. The summed E-state index contributed by atoms with van der Waals surface area (Å²) in [4.78, 5) is 0. The average molecular weight is 245 g/mol. The predicted molar refractivity (Wildman–Crippen MR) is 56.9 cm³/mol. The van der Waals surface area contributed by atoms with Crippen LogP contribution in [0.2, 0.25) is 0 Å². The molecule has 0 amide bonds. The summed E-state index contributed by atoms with van der Waals surface area (Å²) >= 11 is 3.35. The Morgan fingerprint density at radius 1 is 1.23 bits per heavy atom. The number of halogens is 1. The summed E-state index contributed by atoms with van der Waals surface area (Å²) in [5, 5.41) is 0.832. The summed E-state index contributed by atoms with van der Waals surface area (Å²) in [7, 11) is 1.65. The van der Waals surface area contributed by atoms with Crippen LogP contribution in [0.5, 0.6) is 11.5 Å². The highest BCUT2D eigenvalue weighted by Crippen LogP contribution is 2.18. The van der Waals surface area contributed by atoms with E-state index in [9.17, 15) is 0 Å². The van der Waals surface area contributed by atoms with E-state index in [1.807, 2.05) is 31.2 Å². The molecule has 0 radical (unpaired) electrons. The number of hydrogen-bond acceptors (Lipinski definition) is 2. The van der Waals surface area contributed by atoms with E-state index in [-0.39, 0.29) is 6.10 Å². The van der Waals surface area contributed by atoms with E-state index in [0.29, 0.717) is 0 Å². The topological polar surface area (TPSA) is 18.5 Å². The number of methoxy groups -OCH3 is 1. The van der Waals surface area contributed by atoms with Gasteiger partial charge in [0, 0.05) is 5.33 Å². The highest BCUT2D eigenvalue weighted by atomic mass is 79.9. The maximum Gasteiger partial charge on any atom is 0.120 e. The molecule has 1 aromatic rings. The molecule has 0 heterocycles. The van der Waals surface area contributed by atoms with Gasteiger partial charge in [-0.3, -0.25) is 0 Å². The van der Waals surface area contributed by atoms with Crippen molar-refractivity contribution < 1.29 is 9.47 Å². The first-order valence-corrected chi connectivity index (χ1v) is 5.25. The maximum atomic E-state index is 5.56. The van der Waals surface area contributed by atoms with Crippen LogP contribution in [0.3, 0.4) is 0 Å². The molecule has 0 aliphatic carbocycles. The third kappa shape index (κ3) is 3.27. The highest BCUT2D eigenvalue weighted by molar-refractivity contribution is 9.09. The SMILES string of the molecule is COc1ccc(O[C@@H](C)CBr)cc1. The lowest BCUT2D eigenvalue weighted by Crippen LogP contribution is -2.12. The Kier molecular flexibility index (Phi) is 4.09. The van der Waals surface area contributed by atoms with E-state index in [1.165, 1.54) is 0 Å². The number of hydrogen-bond donors (Lipinski definition) is 0. The lowest BCUT2D eigenvalue weighted by atomic mass is 10.3. The van der Waals surface area contributed by atoms with Crippen molar-refractivity contribution in [1.82, 2.24) is 0 Å². The standard InChI is InChI=1S/C10H13BrO2/c1-8(7-11)13-10-5-3-9(12-2)4-6-10/h3-6,8H,7H2,1-2H3/t8-/m0/s1. The van der Waals surface area contributed by atoms with E-state index in [0.717, 1.165) is 16.8 Å². The maximum absolute atomic E-state index is 5.56. The Balaban J connectivity index is 2.58. The highest BCUT2D eigenvalue weighted by Gasteiger charge is 2.01. The molecule has 0 saturated carbocycles. The molecule has 0 spiro atoms. The van der Waals surface area contributed by atoms with Gasteiger partial charge in [-0.25, -0.2) is 0 Å². The molecule has 0 N–H and O–H groups in total. The summed E-state index contributed by atoms with van der Waals surface area (Å²) in [5.74, 6) is 1.71. The molecule has 1 rings (SSSR count). The van der Waals surface area contributed by atoms with Gasteiger partial charge in [0.2, 0.25) is 0 Å². The van der Waals surface area contributed by atoms with E-state index < -0.39 is 0 Å². The molecule has 0 aliphatic rings. The largest absolute Gasteiger partial charge is 0.497 e. The number of benzene rings is 1. The predicted octanol–water partition coefficient (Wildman–Crippen LogP) is 2.86. The van der Waals surface area contributed by atoms with Crippen molar-refractivity contribution in [2.45, 2.75) is 13.0 Å². The van der Waals surface area contributed by atoms with Gasteiger partial charge in [-0.2, -0.15) is 0 Å². The Hall–Kier alpha value is -0.700. The van der Waals surface area contributed by atoms with Crippen molar-refractivity contribution in [2.75, 3.05) is 12.4 Å². The minimum Gasteiger partial charge on any atom is -0.497 e. The van der Waals surface area contributed by atoms with Crippen LogP contribution in [0.4, 0.5) is 0 Å². The molecule has 72 valence electrons. The number of alkyl halides is 1. The van der Waals surface area contributed by atoms with Gasteiger partial charge in [-0.15, -0.1) is 0 Å². The zero-order valence-corrected chi connectivity index (χ0v) is 9.37. The third-order valence-corrected chi connectivity index (χ3v) is 2.53. The summed E-state index contributed by atoms with van der Waals surface area (Å²) < 4.78 is 10.6. The van der Waals surface area contributed by atoms with Crippen molar-refractivity contribution in [3.8, 4) is 11.5 Å². The molecule has 0 fully saturated rings. The van der Waals surface area contributed by atoms with Crippen LogP contribution < -0.4 is 9.47 Å². The minimum absolute atomic E-state index is 0.188. The minimum atomic E-state index is 0.188. The summed E-state index contributed by atoms with van der Waals surface area (Å²) in [5.41, 5.74) is 0. The van der Waals surface area contributed by atoms with E-state index in [1.54, 1.807) is 7.11 Å². The molecule has 0 aromatic heterocycles. The van der Waals surface area contributed by atoms with Gasteiger partial charge >= 0.3 is 0 Å². The lowest BCUT2D eigenvalue weighted by Gasteiger charge is -2.11. The average Bonchev–Trinajstić information content (AvgIpc) is 2.19. The number of ether oxygens (including phenoxy) is 2. The fourth-order valence-electron chi connectivity index (χ4n) is 0.918. The molecule has 13 heavy (non-hydrogen) atoms. The smallest absolute Gasteiger partial charge is 0.120 e. The number of rotatable bonds is 4. The molecular formula is C10H13BrO2. The van der Waals surface area contributed by atoms with Crippen molar-refractivity contribution in [2.24, 2.45) is 0 Å². The van der Waals surface area contributed by atoms with E-state index >= 15 is 0 Å². The molecule has 3 heteroatoms. The van der Waals surface area contributed by atoms with Crippen LogP contribution in [-0.2, 0) is 0 Å². The second-order valence-corrected chi connectivity index (χ2v) is 3.41. The molecule has 2 nitrogen and oxygen atoms in total. The first kappa shape index (κ1) is 10.4. The molecule has 1 atom stereocenters. The molecular weight excluding hydrogens is 232 g/mol. The van der Waals surface area contributed by atoms with Crippen LogP contribution in [0.1, 0.15) is 6.92 Å². The van der Waals surface area contributed by atoms with Crippen LogP contribution in [0, 0.1) is 0 Å². The normalized spacial score (nSPS) is 12.2. The zero-order valence-electron chi connectivity index (χ0n) is 7.79. The van der Waals surface area contributed by atoms with Crippen molar-refractivity contribution in [3.05, 3.63) is 24.3 Å². The van der Waals surface area contributed by atoms with Crippen LogP contribution in [-0.4, -0.2) is 18.5 Å². The lowest BCUT2D eigenvalue weighted by molar-refractivity contribution is 0.248. The quantitative estimate of drug-likeness (QED) is 0.759. The van der Waals surface area contributed by atoms with Gasteiger partial charge in [0.25, 0.3) is 0 Å². The van der Waals surface area contributed by atoms with Gasteiger partial charge in [0.05, 0.1) is 7.11 Å². The third-order valence-electron chi connectivity index (χ3n) is 1.61. The van der Waals surface area contributed by atoms with Crippen molar-refractivity contribution in [3.63, 3.8) is 0 Å². The fraction of sp³-hybridized carbons (Fsp3) is 0.400. The molecule has 0 aliphatic heterocycles.